The number of fused-ring (bicyclic) bond motifs is 1. The molecule has 3 rings (SSSR count). The van der Waals surface area contributed by atoms with Crippen molar-refractivity contribution in [1.29, 1.82) is 0 Å². The highest BCUT2D eigenvalue weighted by Crippen LogP contribution is 2.16. The minimum absolute atomic E-state index is 0.163. The van der Waals surface area contributed by atoms with Crippen molar-refractivity contribution in [3.05, 3.63) is 29.7 Å². The Balaban J connectivity index is 1.94. The summed E-state index contributed by atoms with van der Waals surface area (Å²) in [6.45, 7) is 0.790. The fraction of sp³-hybridized carbons (Fsp3) is 0.417. The number of pyridine rings is 1. The average molecular weight is 247 g/mol. The number of nitrogens with zero attached hydrogens (tertiary/aromatic N) is 3. The van der Waals surface area contributed by atoms with Crippen LogP contribution < -0.4 is 0 Å². The molecule has 1 saturated heterocycles. The zero-order valence-electron chi connectivity index (χ0n) is 9.74. The molecule has 2 aromatic heterocycles. The molecule has 2 aromatic rings. The third kappa shape index (κ3) is 1.95. The largest absolute Gasteiger partial charge is 0.478 e. The highest BCUT2D eigenvalue weighted by Gasteiger charge is 2.19. The molecule has 94 valence electrons. The first-order valence-corrected chi connectivity index (χ1v) is 5.93. The van der Waals surface area contributed by atoms with Gasteiger partial charge in [-0.2, -0.15) is 5.10 Å². The molecule has 0 aliphatic carbocycles. The summed E-state index contributed by atoms with van der Waals surface area (Å²) < 4.78 is 7.03. The molecule has 6 heteroatoms. The first-order valence-electron chi connectivity index (χ1n) is 5.93. The lowest BCUT2D eigenvalue weighted by Gasteiger charge is -2.04. The summed E-state index contributed by atoms with van der Waals surface area (Å²) in [6, 6.07) is 3.18. The Hall–Kier alpha value is -1.95. The number of aromatic nitrogens is 3. The third-order valence-corrected chi connectivity index (χ3v) is 3.07. The summed E-state index contributed by atoms with van der Waals surface area (Å²) in [7, 11) is 0. The fourth-order valence-corrected chi connectivity index (χ4v) is 2.21. The van der Waals surface area contributed by atoms with E-state index in [1.54, 1.807) is 12.3 Å². The highest BCUT2D eigenvalue weighted by atomic mass is 16.5. The maximum absolute atomic E-state index is 11.1. The van der Waals surface area contributed by atoms with Gasteiger partial charge in [-0.05, 0) is 25.0 Å². The molecule has 6 nitrogen and oxygen atoms in total. The van der Waals surface area contributed by atoms with Crippen LogP contribution in [0.15, 0.2) is 18.3 Å². The maximum Gasteiger partial charge on any atom is 0.339 e. The van der Waals surface area contributed by atoms with Gasteiger partial charge in [0.1, 0.15) is 5.56 Å². The normalized spacial score (nSPS) is 19.4. The molecule has 0 aromatic carbocycles. The van der Waals surface area contributed by atoms with Crippen LogP contribution in [0, 0.1) is 0 Å². The summed E-state index contributed by atoms with van der Waals surface area (Å²) in [5, 5.41) is 13.4. The molecule has 1 aliphatic heterocycles. The molecule has 1 unspecified atom stereocenters. The van der Waals surface area contributed by atoms with E-state index in [0.717, 1.165) is 19.4 Å². The van der Waals surface area contributed by atoms with Crippen LogP contribution in [0.4, 0.5) is 0 Å². The molecule has 0 saturated carbocycles. The van der Waals surface area contributed by atoms with Crippen molar-refractivity contribution in [2.24, 2.45) is 0 Å². The average Bonchev–Trinajstić information content (AvgIpc) is 2.96. The zero-order valence-corrected chi connectivity index (χ0v) is 9.74. The van der Waals surface area contributed by atoms with Crippen molar-refractivity contribution in [2.45, 2.75) is 25.4 Å². The van der Waals surface area contributed by atoms with Crippen molar-refractivity contribution in [3.8, 4) is 0 Å². The summed E-state index contributed by atoms with van der Waals surface area (Å²) in [4.78, 5) is 15.4. The zero-order chi connectivity index (χ0) is 12.5. The minimum Gasteiger partial charge on any atom is -0.478 e. The molecule has 1 atom stereocenters. The van der Waals surface area contributed by atoms with Gasteiger partial charge in [-0.25, -0.2) is 14.3 Å². The predicted molar refractivity (Wildman–Crippen MR) is 62.6 cm³/mol. The number of rotatable bonds is 3. The minimum atomic E-state index is -0.989. The summed E-state index contributed by atoms with van der Waals surface area (Å²) in [5.74, 6) is -0.354. The lowest BCUT2D eigenvalue weighted by molar-refractivity contribution is 0.0698. The van der Waals surface area contributed by atoms with Crippen LogP contribution in [-0.4, -0.2) is 38.4 Å². The maximum atomic E-state index is 11.1. The molecular formula is C12H13N3O3. The standard InChI is InChI=1S/C12H13N3O3/c16-12(17)9-4-1-5-15-11(9)13-10(14-15)7-8-3-2-6-18-8/h1,4-5,8H,2-3,6-7H2,(H,16,17). The third-order valence-electron chi connectivity index (χ3n) is 3.07. The SMILES string of the molecule is O=C(O)c1cccn2nc(CC3CCCO3)nc12. The number of ether oxygens (including phenoxy) is 1. The molecule has 0 spiro atoms. The second-order valence-corrected chi connectivity index (χ2v) is 4.36. The van der Waals surface area contributed by atoms with Gasteiger partial charge in [-0.15, -0.1) is 0 Å². The van der Waals surface area contributed by atoms with E-state index in [9.17, 15) is 4.79 Å². The highest BCUT2D eigenvalue weighted by molar-refractivity contribution is 5.94. The first-order chi connectivity index (χ1) is 8.74. The van der Waals surface area contributed by atoms with E-state index < -0.39 is 5.97 Å². The lowest BCUT2D eigenvalue weighted by Crippen LogP contribution is -2.10. The van der Waals surface area contributed by atoms with Crippen LogP contribution in [0.1, 0.15) is 29.0 Å². The molecule has 1 aliphatic rings. The topological polar surface area (TPSA) is 76.7 Å². The van der Waals surface area contributed by atoms with Gasteiger partial charge in [-0.1, -0.05) is 0 Å². The Bertz CT molecular complexity index is 587. The van der Waals surface area contributed by atoms with Gasteiger partial charge in [-0.3, -0.25) is 0 Å². The van der Waals surface area contributed by atoms with Crippen molar-refractivity contribution >= 4 is 11.6 Å². The van der Waals surface area contributed by atoms with E-state index in [1.807, 2.05) is 0 Å². The molecule has 1 N–H and O–H groups in total. The van der Waals surface area contributed by atoms with E-state index in [4.69, 9.17) is 9.84 Å². The molecule has 0 radical (unpaired) electrons. The lowest BCUT2D eigenvalue weighted by atomic mass is 10.2. The molecular weight excluding hydrogens is 234 g/mol. The number of aromatic carboxylic acids is 1. The molecule has 18 heavy (non-hydrogen) atoms. The molecule has 0 amide bonds. The number of hydrogen-bond acceptors (Lipinski definition) is 4. The summed E-state index contributed by atoms with van der Waals surface area (Å²) in [6.07, 6.45) is 4.59. The molecule has 1 fully saturated rings. The summed E-state index contributed by atoms with van der Waals surface area (Å²) in [5.41, 5.74) is 0.557. The van der Waals surface area contributed by atoms with Gasteiger partial charge < -0.3 is 9.84 Å². The Morgan fingerprint density at radius 1 is 1.61 bits per heavy atom. The van der Waals surface area contributed by atoms with Gasteiger partial charge in [0.25, 0.3) is 0 Å². The van der Waals surface area contributed by atoms with E-state index >= 15 is 0 Å². The Labute approximate surface area is 103 Å². The van der Waals surface area contributed by atoms with Gasteiger partial charge in [0, 0.05) is 19.2 Å². The Kier molecular flexibility index (Phi) is 2.71. The van der Waals surface area contributed by atoms with E-state index in [0.29, 0.717) is 17.9 Å². The molecule has 3 heterocycles. The Morgan fingerprint density at radius 3 is 3.22 bits per heavy atom. The number of hydrogen-bond donors (Lipinski definition) is 1. The van der Waals surface area contributed by atoms with Crippen LogP contribution in [0.25, 0.3) is 5.65 Å². The quantitative estimate of drug-likeness (QED) is 0.880. The Morgan fingerprint density at radius 2 is 2.50 bits per heavy atom. The first kappa shape index (κ1) is 11.2. The number of carbonyl (C=O) groups is 1. The smallest absolute Gasteiger partial charge is 0.339 e. The van der Waals surface area contributed by atoms with Crippen molar-refractivity contribution in [1.82, 2.24) is 14.6 Å². The van der Waals surface area contributed by atoms with Crippen LogP contribution in [0.2, 0.25) is 0 Å². The van der Waals surface area contributed by atoms with Crippen molar-refractivity contribution in [3.63, 3.8) is 0 Å². The second kappa shape index (κ2) is 4.38. The van der Waals surface area contributed by atoms with Crippen molar-refractivity contribution < 1.29 is 14.6 Å². The van der Waals surface area contributed by atoms with E-state index in [-0.39, 0.29) is 11.7 Å². The van der Waals surface area contributed by atoms with Gasteiger partial charge in [0.05, 0.1) is 6.10 Å². The van der Waals surface area contributed by atoms with E-state index in [1.165, 1.54) is 10.6 Å². The fourth-order valence-electron chi connectivity index (χ4n) is 2.21. The van der Waals surface area contributed by atoms with Crippen molar-refractivity contribution in [2.75, 3.05) is 6.61 Å². The van der Waals surface area contributed by atoms with Crippen LogP contribution in [-0.2, 0) is 11.2 Å². The van der Waals surface area contributed by atoms with Crippen LogP contribution in [0.5, 0.6) is 0 Å². The second-order valence-electron chi connectivity index (χ2n) is 4.36. The van der Waals surface area contributed by atoms with Crippen LogP contribution in [0.3, 0.4) is 0 Å². The number of carboxylic acid groups (broad SMARTS) is 1. The summed E-state index contributed by atoms with van der Waals surface area (Å²) >= 11 is 0. The van der Waals surface area contributed by atoms with Gasteiger partial charge in [0.15, 0.2) is 11.5 Å². The number of carboxylic acids is 1. The van der Waals surface area contributed by atoms with E-state index in [2.05, 4.69) is 10.1 Å². The monoisotopic (exact) mass is 247 g/mol. The predicted octanol–water partition coefficient (Wildman–Crippen LogP) is 1.15. The van der Waals surface area contributed by atoms with Gasteiger partial charge in [0.2, 0.25) is 0 Å². The molecule has 0 bridgehead atoms. The van der Waals surface area contributed by atoms with Gasteiger partial charge >= 0.3 is 5.97 Å². The van der Waals surface area contributed by atoms with Crippen LogP contribution >= 0.6 is 0 Å².